The summed E-state index contributed by atoms with van der Waals surface area (Å²) < 4.78 is 7.51. The van der Waals surface area contributed by atoms with Crippen LogP contribution in [0, 0.1) is 5.92 Å². The molecule has 4 nitrogen and oxygen atoms in total. The van der Waals surface area contributed by atoms with E-state index >= 15 is 0 Å². The van der Waals surface area contributed by atoms with E-state index in [2.05, 4.69) is 4.98 Å². The van der Waals surface area contributed by atoms with Crippen LogP contribution < -0.4 is 0 Å². The Labute approximate surface area is 99.2 Å². The molecular weight excluding hydrogens is 216 g/mol. The molecule has 0 aromatic carbocycles. The first-order valence-electron chi connectivity index (χ1n) is 5.85. The van der Waals surface area contributed by atoms with Gasteiger partial charge >= 0.3 is 0 Å². The van der Waals surface area contributed by atoms with Crippen molar-refractivity contribution in [2.24, 2.45) is 5.92 Å². The molecule has 0 saturated heterocycles. The predicted octanol–water partition coefficient (Wildman–Crippen LogP) is 2.23. The van der Waals surface area contributed by atoms with Gasteiger partial charge in [-0.15, -0.1) is 0 Å². The highest BCUT2D eigenvalue weighted by Crippen LogP contribution is 2.29. The lowest BCUT2D eigenvalue weighted by Crippen LogP contribution is -2.04. The van der Waals surface area contributed by atoms with Crippen LogP contribution in [0.25, 0.3) is 11.0 Å². The molecule has 4 heteroatoms. The molecule has 1 aliphatic carbocycles. The molecule has 0 radical (unpaired) electrons. The first-order chi connectivity index (χ1) is 8.38. The van der Waals surface area contributed by atoms with E-state index in [0.29, 0.717) is 12.3 Å². The topological polar surface area (TPSA) is 44.1 Å². The van der Waals surface area contributed by atoms with Gasteiger partial charge < -0.3 is 9.30 Å². The van der Waals surface area contributed by atoms with Crippen molar-refractivity contribution in [2.75, 3.05) is 6.61 Å². The maximum absolute atomic E-state index is 10.9. The number of fused-ring (bicyclic) bond motifs is 1. The Bertz CT molecular complexity index is 543. The van der Waals surface area contributed by atoms with Crippen molar-refractivity contribution in [2.45, 2.75) is 19.6 Å². The summed E-state index contributed by atoms with van der Waals surface area (Å²) in [5.41, 5.74) is 1.48. The number of rotatable bonds is 5. The van der Waals surface area contributed by atoms with E-state index in [9.17, 15) is 4.79 Å². The molecule has 1 saturated carbocycles. The molecular formula is C13H14N2O2. The van der Waals surface area contributed by atoms with Crippen molar-refractivity contribution in [1.29, 1.82) is 0 Å². The summed E-state index contributed by atoms with van der Waals surface area (Å²) in [5.74, 6) is 0.746. The third-order valence-electron chi connectivity index (χ3n) is 3.07. The Kier molecular flexibility index (Phi) is 2.65. The number of pyridine rings is 1. The van der Waals surface area contributed by atoms with Gasteiger partial charge in [-0.25, -0.2) is 4.98 Å². The number of nitrogens with zero attached hydrogens (tertiary/aromatic N) is 2. The lowest BCUT2D eigenvalue weighted by Gasteiger charge is -2.05. The Hall–Kier alpha value is -1.68. The number of aromatic nitrogens is 2. The Morgan fingerprint density at radius 2 is 2.41 bits per heavy atom. The fraction of sp³-hybridized carbons (Fsp3) is 0.385. The van der Waals surface area contributed by atoms with E-state index in [4.69, 9.17) is 4.74 Å². The zero-order valence-electron chi connectivity index (χ0n) is 9.50. The smallest absolute Gasteiger partial charge is 0.152 e. The van der Waals surface area contributed by atoms with Crippen LogP contribution in [-0.4, -0.2) is 22.4 Å². The van der Waals surface area contributed by atoms with E-state index in [-0.39, 0.29) is 0 Å². The molecule has 0 bridgehead atoms. The minimum atomic E-state index is 0.470. The summed E-state index contributed by atoms with van der Waals surface area (Å²) >= 11 is 0. The molecule has 0 N–H and O–H groups in total. The summed E-state index contributed by atoms with van der Waals surface area (Å²) in [6, 6.07) is 3.74. The minimum Gasteiger partial charge on any atom is -0.360 e. The Morgan fingerprint density at radius 3 is 3.18 bits per heavy atom. The number of hydrogen-bond acceptors (Lipinski definition) is 3. The van der Waals surface area contributed by atoms with Crippen molar-refractivity contribution >= 4 is 17.3 Å². The standard InChI is InChI=1S/C13H14N2O2/c16-7-11-6-15(9-17-8-10-3-4-10)13-12(11)2-1-5-14-13/h1-2,5-7,10H,3-4,8-9H2. The summed E-state index contributed by atoms with van der Waals surface area (Å²) in [6.45, 7) is 1.28. The van der Waals surface area contributed by atoms with E-state index < -0.39 is 0 Å². The SMILES string of the molecule is O=Cc1cn(COCC2CC2)c2ncccc12. The highest BCUT2D eigenvalue weighted by atomic mass is 16.5. The van der Waals surface area contributed by atoms with E-state index in [0.717, 1.165) is 29.8 Å². The zero-order valence-corrected chi connectivity index (χ0v) is 9.50. The van der Waals surface area contributed by atoms with Gasteiger partial charge in [0, 0.05) is 23.3 Å². The van der Waals surface area contributed by atoms with Crippen LogP contribution in [0.1, 0.15) is 23.2 Å². The summed E-state index contributed by atoms with van der Waals surface area (Å²) in [4.78, 5) is 15.2. The number of carbonyl (C=O) groups excluding carboxylic acids is 1. The monoisotopic (exact) mass is 230 g/mol. The van der Waals surface area contributed by atoms with Crippen molar-refractivity contribution in [1.82, 2.24) is 9.55 Å². The second-order valence-electron chi connectivity index (χ2n) is 4.49. The molecule has 88 valence electrons. The average Bonchev–Trinajstić information content (AvgIpc) is 3.11. The summed E-state index contributed by atoms with van der Waals surface area (Å²) in [7, 11) is 0. The Morgan fingerprint density at radius 1 is 1.53 bits per heavy atom. The van der Waals surface area contributed by atoms with Gasteiger partial charge in [0.1, 0.15) is 12.4 Å². The van der Waals surface area contributed by atoms with Crippen molar-refractivity contribution in [3.05, 3.63) is 30.1 Å². The highest BCUT2D eigenvalue weighted by molar-refractivity contribution is 5.95. The third-order valence-corrected chi connectivity index (χ3v) is 3.07. The summed E-state index contributed by atoms with van der Waals surface area (Å²) in [6.07, 6.45) is 6.96. The molecule has 1 aliphatic rings. The lowest BCUT2D eigenvalue weighted by atomic mass is 10.2. The molecule has 2 aromatic rings. The molecule has 2 aromatic heterocycles. The molecule has 0 atom stereocenters. The number of hydrogen-bond donors (Lipinski definition) is 0. The van der Waals surface area contributed by atoms with Crippen LogP contribution in [0.4, 0.5) is 0 Å². The highest BCUT2D eigenvalue weighted by Gasteiger charge is 2.21. The Balaban J connectivity index is 1.84. The molecule has 1 fully saturated rings. The molecule has 17 heavy (non-hydrogen) atoms. The normalized spacial score (nSPS) is 15.3. The molecule has 0 spiro atoms. The number of carbonyl (C=O) groups is 1. The van der Waals surface area contributed by atoms with Crippen molar-refractivity contribution in [3.8, 4) is 0 Å². The van der Waals surface area contributed by atoms with Crippen LogP contribution >= 0.6 is 0 Å². The van der Waals surface area contributed by atoms with Gasteiger partial charge in [-0.05, 0) is 30.9 Å². The molecule has 0 aliphatic heterocycles. The van der Waals surface area contributed by atoms with Crippen molar-refractivity contribution in [3.63, 3.8) is 0 Å². The van der Waals surface area contributed by atoms with Gasteiger partial charge in [0.05, 0.1) is 6.61 Å². The second kappa shape index (κ2) is 4.30. The summed E-state index contributed by atoms with van der Waals surface area (Å²) in [5, 5.41) is 0.887. The minimum absolute atomic E-state index is 0.470. The van der Waals surface area contributed by atoms with Crippen LogP contribution in [0.2, 0.25) is 0 Å². The average molecular weight is 230 g/mol. The van der Waals surface area contributed by atoms with Crippen LogP contribution in [0.3, 0.4) is 0 Å². The fourth-order valence-electron chi connectivity index (χ4n) is 1.94. The fourth-order valence-corrected chi connectivity index (χ4v) is 1.94. The van der Waals surface area contributed by atoms with Gasteiger partial charge in [0.25, 0.3) is 0 Å². The van der Waals surface area contributed by atoms with E-state index in [1.807, 2.05) is 16.7 Å². The molecule has 0 unspecified atom stereocenters. The van der Waals surface area contributed by atoms with Gasteiger partial charge in [0.2, 0.25) is 0 Å². The number of ether oxygens (including phenoxy) is 1. The molecule has 2 heterocycles. The third kappa shape index (κ3) is 2.08. The van der Waals surface area contributed by atoms with Gasteiger partial charge in [-0.1, -0.05) is 0 Å². The molecule has 3 rings (SSSR count). The first kappa shape index (κ1) is 10.5. The molecule has 0 amide bonds. The zero-order chi connectivity index (χ0) is 11.7. The number of aldehydes is 1. The maximum Gasteiger partial charge on any atom is 0.152 e. The largest absolute Gasteiger partial charge is 0.360 e. The van der Waals surface area contributed by atoms with Gasteiger partial charge in [0.15, 0.2) is 6.29 Å². The second-order valence-corrected chi connectivity index (χ2v) is 4.49. The maximum atomic E-state index is 10.9. The van der Waals surface area contributed by atoms with E-state index in [1.165, 1.54) is 12.8 Å². The van der Waals surface area contributed by atoms with Crippen molar-refractivity contribution < 1.29 is 9.53 Å². The van der Waals surface area contributed by atoms with Crippen LogP contribution in [-0.2, 0) is 11.5 Å². The first-order valence-corrected chi connectivity index (χ1v) is 5.85. The lowest BCUT2D eigenvalue weighted by molar-refractivity contribution is 0.0713. The van der Waals surface area contributed by atoms with Gasteiger partial charge in [-0.3, -0.25) is 4.79 Å². The van der Waals surface area contributed by atoms with Crippen LogP contribution in [0.5, 0.6) is 0 Å². The van der Waals surface area contributed by atoms with Gasteiger partial charge in [-0.2, -0.15) is 0 Å². The van der Waals surface area contributed by atoms with E-state index in [1.54, 1.807) is 12.4 Å². The van der Waals surface area contributed by atoms with Crippen LogP contribution in [0.15, 0.2) is 24.5 Å². The quantitative estimate of drug-likeness (QED) is 0.740. The predicted molar refractivity (Wildman–Crippen MR) is 63.8 cm³/mol.